The fourth-order valence-electron chi connectivity index (χ4n) is 5.55. The highest BCUT2D eigenvalue weighted by Gasteiger charge is 2.35. The molecule has 0 spiro atoms. The zero-order valence-corrected chi connectivity index (χ0v) is 26.5. The molecule has 0 saturated heterocycles. The van der Waals surface area contributed by atoms with Crippen LogP contribution in [0.3, 0.4) is 0 Å². The molecule has 1 fully saturated rings. The minimum absolute atomic E-state index is 0.0266. The van der Waals surface area contributed by atoms with Crippen LogP contribution < -0.4 is 9.62 Å². The third kappa shape index (κ3) is 7.85. The number of benzene rings is 3. The van der Waals surface area contributed by atoms with E-state index in [0.717, 1.165) is 41.8 Å². The van der Waals surface area contributed by atoms with Crippen LogP contribution in [0, 0.1) is 13.8 Å². The van der Waals surface area contributed by atoms with Crippen LogP contribution in [0.5, 0.6) is 0 Å². The van der Waals surface area contributed by atoms with Gasteiger partial charge in [-0.1, -0.05) is 90.6 Å². The topological polar surface area (TPSA) is 86.8 Å². The summed E-state index contributed by atoms with van der Waals surface area (Å²) in [6, 6.07) is 19.1. The number of carbonyl (C=O) groups excluding carboxylic acids is 2. The lowest BCUT2D eigenvalue weighted by atomic mass is 10.0. The van der Waals surface area contributed by atoms with E-state index in [1.807, 2.05) is 36.4 Å². The quantitative estimate of drug-likeness (QED) is 0.279. The molecule has 1 saturated carbocycles. The van der Waals surface area contributed by atoms with Crippen molar-refractivity contribution in [1.29, 1.82) is 0 Å². The van der Waals surface area contributed by atoms with Gasteiger partial charge in [0.05, 0.1) is 11.9 Å². The molecule has 3 aromatic carbocycles. The molecule has 4 rings (SSSR count). The van der Waals surface area contributed by atoms with E-state index in [1.165, 1.54) is 4.90 Å². The number of rotatable bonds is 11. The Morgan fingerprint density at radius 3 is 2.05 bits per heavy atom. The van der Waals surface area contributed by atoms with E-state index in [0.29, 0.717) is 32.4 Å². The molecule has 0 aromatic heterocycles. The van der Waals surface area contributed by atoms with Gasteiger partial charge in [0.25, 0.3) is 0 Å². The second kappa shape index (κ2) is 13.9. The summed E-state index contributed by atoms with van der Waals surface area (Å²) in [5.41, 5.74) is 3.22. The normalized spacial score (nSPS) is 14.4. The SMILES string of the molecule is Cc1cccc(C)c1N(CC(=O)N(Cc1c(Cl)cccc1Cl)[C@H](Cc1ccccc1)C(=O)NC1CCCC1)S(C)(=O)=O. The first-order valence-electron chi connectivity index (χ1n) is 14.1. The molecule has 224 valence electrons. The highest BCUT2D eigenvalue weighted by Crippen LogP contribution is 2.30. The number of carbonyl (C=O) groups is 2. The maximum Gasteiger partial charge on any atom is 0.244 e. The highest BCUT2D eigenvalue weighted by molar-refractivity contribution is 7.92. The number of nitrogens with zero attached hydrogens (tertiary/aromatic N) is 2. The molecule has 10 heteroatoms. The van der Waals surface area contributed by atoms with E-state index in [4.69, 9.17) is 23.2 Å². The van der Waals surface area contributed by atoms with Crippen LogP contribution in [0.25, 0.3) is 0 Å². The Hall–Kier alpha value is -3.07. The van der Waals surface area contributed by atoms with E-state index in [9.17, 15) is 18.0 Å². The third-order valence-electron chi connectivity index (χ3n) is 7.73. The Labute approximate surface area is 258 Å². The Kier molecular flexibility index (Phi) is 10.6. The zero-order valence-electron chi connectivity index (χ0n) is 24.1. The van der Waals surface area contributed by atoms with Gasteiger partial charge in [0.15, 0.2) is 0 Å². The van der Waals surface area contributed by atoms with E-state index in [-0.39, 0.29) is 24.9 Å². The monoisotopic (exact) mass is 629 g/mol. The lowest BCUT2D eigenvalue weighted by Crippen LogP contribution is -2.54. The Balaban J connectivity index is 1.79. The van der Waals surface area contributed by atoms with Crippen molar-refractivity contribution >= 4 is 50.7 Å². The first-order chi connectivity index (χ1) is 20.0. The fourth-order valence-corrected chi connectivity index (χ4v) is 7.03. The van der Waals surface area contributed by atoms with Crippen molar-refractivity contribution < 1.29 is 18.0 Å². The Bertz CT molecular complexity index is 1490. The lowest BCUT2D eigenvalue weighted by molar-refractivity contribution is -0.140. The number of nitrogens with one attached hydrogen (secondary N) is 1. The largest absolute Gasteiger partial charge is 0.352 e. The van der Waals surface area contributed by atoms with Gasteiger partial charge >= 0.3 is 0 Å². The molecule has 1 aliphatic rings. The van der Waals surface area contributed by atoms with Gasteiger partial charge in [0.2, 0.25) is 21.8 Å². The number of hydrogen-bond donors (Lipinski definition) is 1. The first-order valence-corrected chi connectivity index (χ1v) is 16.7. The fraction of sp³-hybridized carbons (Fsp3) is 0.375. The van der Waals surface area contributed by atoms with Gasteiger partial charge in [0, 0.05) is 34.6 Å². The molecule has 7 nitrogen and oxygen atoms in total. The van der Waals surface area contributed by atoms with Crippen molar-refractivity contribution in [3.8, 4) is 0 Å². The summed E-state index contributed by atoms with van der Waals surface area (Å²) in [6.45, 7) is 3.05. The number of anilines is 1. The minimum atomic E-state index is -3.87. The molecule has 0 unspecified atom stereocenters. The number of sulfonamides is 1. The van der Waals surface area contributed by atoms with Crippen LogP contribution >= 0.6 is 23.2 Å². The smallest absolute Gasteiger partial charge is 0.244 e. The van der Waals surface area contributed by atoms with Crippen molar-refractivity contribution in [2.45, 2.75) is 64.6 Å². The number of para-hydroxylation sites is 1. The predicted octanol–water partition coefficient (Wildman–Crippen LogP) is 6.08. The second-order valence-corrected chi connectivity index (χ2v) is 13.6. The number of aryl methyl sites for hydroxylation is 2. The van der Waals surface area contributed by atoms with Crippen LogP contribution in [0.1, 0.15) is 47.9 Å². The molecule has 0 radical (unpaired) electrons. The Morgan fingerprint density at radius 1 is 0.905 bits per heavy atom. The summed E-state index contributed by atoms with van der Waals surface area (Å²) < 4.78 is 27.4. The molecule has 0 aliphatic heterocycles. The van der Waals surface area contributed by atoms with Crippen LogP contribution in [0.4, 0.5) is 5.69 Å². The number of hydrogen-bond acceptors (Lipinski definition) is 4. The van der Waals surface area contributed by atoms with Crippen molar-refractivity contribution in [3.05, 3.63) is 99.0 Å². The number of halogens is 2. The lowest BCUT2D eigenvalue weighted by Gasteiger charge is -2.35. The van der Waals surface area contributed by atoms with Gasteiger partial charge < -0.3 is 10.2 Å². The summed E-state index contributed by atoms with van der Waals surface area (Å²) in [5.74, 6) is -0.832. The third-order valence-corrected chi connectivity index (χ3v) is 9.55. The zero-order chi connectivity index (χ0) is 30.4. The van der Waals surface area contributed by atoms with Crippen LogP contribution in [-0.2, 0) is 32.6 Å². The maximum absolute atomic E-state index is 14.4. The van der Waals surface area contributed by atoms with Gasteiger partial charge in [0.1, 0.15) is 12.6 Å². The molecular weight excluding hydrogens is 593 g/mol. The highest BCUT2D eigenvalue weighted by atomic mass is 35.5. The van der Waals surface area contributed by atoms with Crippen molar-refractivity contribution in [1.82, 2.24) is 10.2 Å². The van der Waals surface area contributed by atoms with E-state index < -0.39 is 28.5 Å². The molecule has 0 heterocycles. The van der Waals surface area contributed by atoms with Gasteiger partial charge in [-0.15, -0.1) is 0 Å². The van der Waals surface area contributed by atoms with Crippen LogP contribution in [0.15, 0.2) is 66.7 Å². The minimum Gasteiger partial charge on any atom is -0.352 e. The van der Waals surface area contributed by atoms with Gasteiger partial charge in [-0.05, 0) is 55.5 Å². The Morgan fingerprint density at radius 2 is 1.48 bits per heavy atom. The van der Waals surface area contributed by atoms with Crippen LogP contribution in [0.2, 0.25) is 10.0 Å². The first kappa shape index (κ1) is 31.9. The molecular formula is C32H37Cl2N3O4S. The van der Waals surface area contributed by atoms with E-state index in [2.05, 4.69) is 5.32 Å². The average Bonchev–Trinajstić information content (AvgIpc) is 3.44. The number of amides is 2. The maximum atomic E-state index is 14.4. The van der Waals surface area contributed by atoms with E-state index in [1.54, 1.807) is 44.2 Å². The standard InChI is InChI=1S/C32H37Cl2N3O4S/c1-22-11-9-12-23(2)31(22)37(42(3,40)41)21-30(38)36(20-26-27(33)17-10-18-28(26)34)29(19-24-13-5-4-6-14-24)32(39)35-25-15-7-8-16-25/h4-6,9-14,17-18,25,29H,7-8,15-16,19-21H2,1-3H3,(H,35,39)/t29-/m1/s1. The average molecular weight is 631 g/mol. The van der Waals surface area contributed by atoms with Crippen molar-refractivity contribution in [2.75, 3.05) is 17.1 Å². The molecule has 2 amide bonds. The van der Waals surface area contributed by atoms with Crippen molar-refractivity contribution in [3.63, 3.8) is 0 Å². The van der Waals surface area contributed by atoms with E-state index >= 15 is 0 Å². The summed E-state index contributed by atoms with van der Waals surface area (Å²) in [7, 11) is -3.87. The summed E-state index contributed by atoms with van der Waals surface area (Å²) in [6.07, 6.45) is 5.13. The van der Waals surface area contributed by atoms with Gasteiger partial charge in [-0.3, -0.25) is 13.9 Å². The molecule has 1 N–H and O–H groups in total. The summed E-state index contributed by atoms with van der Waals surface area (Å²) in [4.78, 5) is 29.7. The van der Waals surface area contributed by atoms with Crippen molar-refractivity contribution in [2.24, 2.45) is 0 Å². The summed E-state index contributed by atoms with van der Waals surface area (Å²) >= 11 is 13.1. The second-order valence-electron chi connectivity index (χ2n) is 10.9. The molecule has 0 bridgehead atoms. The summed E-state index contributed by atoms with van der Waals surface area (Å²) in [5, 5.41) is 3.86. The molecule has 3 aromatic rings. The predicted molar refractivity (Wildman–Crippen MR) is 169 cm³/mol. The molecule has 1 atom stereocenters. The van der Waals surface area contributed by atoms with Gasteiger partial charge in [-0.25, -0.2) is 8.42 Å². The van der Waals surface area contributed by atoms with Crippen LogP contribution in [-0.4, -0.2) is 50.0 Å². The molecule has 1 aliphatic carbocycles. The van der Waals surface area contributed by atoms with Gasteiger partial charge in [-0.2, -0.15) is 0 Å². The molecule has 42 heavy (non-hydrogen) atoms.